The van der Waals surface area contributed by atoms with Crippen molar-refractivity contribution >= 4 is 11.6 Å². The molecular formula is C15H18ClNO. The monoisotopic (exact) mass is 263 g/mol. The molecule has 1 aliphatic rings. The second-order valence-corrected chi connectivity index (χ2v) is 5.25. The van der Waals surface area contributed by atoms with Crippen LogP contribution in [0, 0.1) is 11.3 Å². The Labute approximate surface area is 114 Å². The summed E-state index contributed by atoms with van der Waals surface area (Å²) in [6.07, 6.45) is 7.90. The number of nitrogens with zero attached hydrogens (tertiary/aromatic N) is 1. The molecule has 1 aliphatic carbocycles. The summed E-state index contributed by atoms with van der Waals surface area (Å²) in [5.41, 5.74) is 1.57. The highest BCUT2D eigenvalue weighted by molar-refractivity contribution is 6.31. The lowest BCUT2D eigenvalue weighted by molar-refractivity contribution is 0.0310. The summed E-state index contributed by atoms with van der Waals surface area (Å²) in [5, 5.41) is 9.41. The summed E-state index contributed by atoms with van der Waals surface area (Å²) in [7, 11) is 0. The van der Waals surface area contributed by atoms with Crippen molar-refractivity contribution in [1.82, 2.24) is 0 Å². The Balaban J connectivity index is 1.91. The van der Waals surface area contributed by atoms with Crippen LogP contribution in [-0.2, 0) is 11.3 Å². The highest BCUT2D eigenvalue weighted by atomic mass is 35.5. The predicted molar refractivity (Wildman–Crippen MR) is 72.4 cm³/mol. The lowest BCUT2D eigenvalue weighted by Crippen LogP contribution is -2.11. The molecule has 0 heterocycles. The van der Waals surface area contributed by atoms with E-state index in [9.17, 15) is 0 Å². The van der Waals surface area contributed by atoms with Crippen LogP contribution in [0.4, 0.5) is 0 Å². The van der Waals surface area contributed by atoms with Gasteiger partial charge >= 0.3 is 0 Å². The van der Waals surface area contributed by atoms with Crippen molar-refractivity contribution in [3.63, 3.8) is 0 Å². The van der Waals surface area contributed by atoms with Crippen LogP contribution in [0.5, 0.6) is 0 Å². The molecule has 1 aromatic carbocycles. The standard InChI is InChI=1S/C15H18ClNO/c16-15-9-12(10-17)7-8-13(15)11-18-14-5-3-1-2-4-6-14/h7-9,14H,1-6,11H2. The number of rotatable bonds is 3. The van der Waals surface area contributed by atoms with Crippen LogP contribution in [0.2, 0.25) is 5.02 Å². The molecule has 18 heavy (non-hydrogen) atoms. The molecule has 0 spiro atoms. The van der Waals surface area contributed by atoms with Gasteiger partial charge in [0.25, 0.3) is 0 Å². The molecule has 1 saturated carbocycles. The molecule has 0 amide bonds. The SMILES string of the molecule is N#Cc1ccc(COC2CCCCCC2)c(Cl)c1. The summed E-state index contributed by atoms with van der Waals surface area (Å²) in [5.74, 6) is 0. The molecule has 0 radical (unpaired) electrons. The van der Waals surface area contributed by atoms with Gasteiger partial charge in [-0.05, 0) is 30.5 Å². The number of halogens is 1. The fourth-order valence-electron chi connectivity index (χ4n) is 2.35. The van der Waals surface area contributed by atoms with Crippen LogP contribution in [-0.4, -0.2) is 6.10 Å². The molecule has 1 fully saturated rings. The second-order valence-electron chi connectivity index (χ2n) is 4.84. The fraction of sp³-hybridized carbons (Fsp3) is 0.533. The van der Waals surface area contributed by atoms with Crippen molar-refractivity contribution in [1.29, 1.82) is 5.26 Å². The first kappa shape index (κ1) is 13.4. The van der Waals surface area contributed by atoms with Crippen LogP contribution < -0.4 is 0 Å². The highest BCUT2D eigenvalue weighted by Crippen LogP contribution is 2.23. The third kappa shape index (κ3) is 3.73. The van der Waals surface area contributed by atoms with Gasteiger partial charge in [0, 0.05) is 5.02 Å². The molecule has 2 rings (SSSR count). The molecule has 96 valence electrons. The zero-order valence-corrected chi connectivity index (χ0v) is 11.2. The van der Waals surface area contributed by atoms with Gasteiger partial charge in [-0.1, -0.05) is 43.4 Å². The van der Waals surface area contributed by atoms with Gasteiger partial charge in [-0.25, -0.2) is 0 Å². The molecule has 0 atom stereocenters. The van der Waals surface area contributed by atoms with Gasteiger partial charge in [-0.3, -0.25) is 0 Å². The predicted octanol–water partition coefficient (Wildman–Crippen LogP) is 4.45. The molecule has 0 unspecified atom stereocenters. The Kier molecular flexibility index (Phi) is 5.04. The Morgan fingerprint density at radius 1 is 1.22 bits per heavy atom. The number of benzene rings is 1. The lowest BCUT2D eigenvalue weighted by Gasteiger charge is -2.15. The van der Waals surface area contributed by atoms with E-state index < -0.39 is 0 Å². The zero-order chi connectivity index (χ0) is 12.8. The van der Waals surface area contributed by atoms with Gasteiger partial charge in [0.05, 0.1) is 24.3 Å². The average molecular weight is 264 g/mol. The molecule has 1 aromatic rings. The van der Waals surface area contributed by atoms with E-state index in [1.807, 2.05) is 6.07 Å². The van der Waals surface area contributed by atoms with Crippen LogP contribution in [0.1, 0.15) is 49.7 Å². The molecule has 0 aromatic heterocycles. The van der Waals surface area contributed by atoms with Crippen molar-refractivity contribution in [2.75, 3.05) is 0 Å². The quantitative estimate of drug-likeness (QED) is 0.755. The number of ether oxygens (including phenoxy) is 1. The van der Waals surface area contributed by atoms with Crippen LogP contribution in [0.25, 0.3) is 0 Å². The largest absolute Gasteiger partial charge is 0.373 e. The third-order valence-electron chi connectivity index (χ3n) is 3.46. The summed E-state index contributed by atoms with van der Waals surface area (Å²) in [6.45, 7) is 0.551. The average Bonchev–Trinajstić information content (AvgIpc) is 2.66. The molecule has 0 aliphatic heterocycles. The molecule has 0 bridgehead atoms. The Morgan fingerprint density at radius 2 is 1.94 bits per heavy atom. The smallest absolute Gasteiger partial charge is 0.0992 e. The van der Waals surface area contributed by atoms with Crippen LogP contribution in [0.3, 0.4) is 0 Å². The lowest BCUT2D eigenvalue weighted by atomic mass is 10.1. The van der Waals surface area contributed by atoms with Crippen molar-refractivity contribution in [2.45, 2.75) is 51.2 Å². The van der Waals surface area contributed by atoms with E-state index >= 15 is 0 Å². The van der Waals surface area contributed by atoms with E-state index in [0.29, 0.717) is 23.3 Å². The van der Waals surface area contributed by atoms with E-state index in [1.165, 1.54) is 25.7 Å². The summed E-state index contributed by atoms with van der Waals surface area (Å²) >= 11 is 6.13. The van der Waals surface area contributed by atoms with Crippen molar-refractivity contribution in [3.8, 4) is 6.07 Å². The minimum absolute atomic E-state index is 0.374. The van der Waals surface area contributed by atoms with Gasteiger partial charge in [-0.15, -0.1) is 0 Å². The van der Waals surface area contributed by atoms with Crippen molar-refractivity contribution < 1.29 is 4.74 Å². The van der Waals surface area contributed by atoms with Gasteiger partial charge in [0.15, 0.2) is 0 Å². The molecule has 3 heteroatoms. The maximum absolute atomic E-state index is 8.78. The van der Waals surface area contributed by atoms with Crippen molar-refractivity contribution in [3.05, 3.63) is 34.3 Å². The van der Waals surface area contributed by atoms with E-state index in [0.717, 1.165) is 18.4 Å². The molecule has 0 saturated heterocycles. The van der Waals surface area contributed by atoms with Crippen LogP contribution in [0.15, 0.2) is 18.2 Å². The topological polar surface area (TPSA) is 33.0 Å². The summed E-state index contributed by atoms with van der Waals surface area (Å²) < 4.78 is 5.94. The molecule has 0 N–H and O–H groups in total. The van der Waals surface area contributed by atoms with Gasteiger partial charge in [-0.2, -0.15) is 5.26 Å². The molecule has 2 nitrogen and oxygen atoms in total. The minimum Gasteiger partial charge on any atom is -0.373 e. The Hall–Kier alpha value is -1.04. The second kappa shape index (κ2) is 6.78. The highest BCUT2D eigenvalue weighted by Gasteiger charge is 2.13. The zero-order valence-electron chi connectivity index (χ0n) is 10.5. The maximum atomic E-state index is 8.78. The summed E-state index contributed by atoms with van der Waals surface area (Å²) in [6, 6.07) is 7.46. The van der Waals surface area contributed by atoms with E-state index in [2.05, 4.69) is 6.07 Å². The number of hydrogen-bond donors (Lipinski definition) is 0. The maximum Gasteiger partial charge on any atom is 0.0992 e. The van der Waals surface area contributed by atoms with Gasteiger partial charge in [0.1, 0.15) is 0 Å². The van der Waals surface area contributed by atoms with Gasteiger partial charge < -0.3 is 4.74 Å². The number of nitriles is 1. The Bertz CT molecular complexity index is 431. The first-order valence-corrected chi connectivity index (χ1v) is 6.97. The minimum atomic E-state index is 0.374. The van der Waals surface area contributed by atoms with E-state index in [1.54, 1.807) is 12.1 Å². The van der Waals surface area contributed by atoms with Gasteiger partial charge in [0.2, 0.25) is 0 Å². The van der Waals surface area contributed by atoms with Crippen molar-refractivity contribution in [2.24, 2.45) is 0 Å². The first-order chi connectivity index (χ1) is 8.79. The first-order valence-electron chi connectivity index (χ1n) is 6.60. The van der Waals surface area contributed by atoms with Crippen LogP contribution >= 0.6 is 11.6 Å². The molecular weight excluding hydrogens is 246 g/mol. The Morgan fingerprint density at radius 3 is 2.56 bits per heavy atom. The summed E-state index contributed by atoms with van der Waals surface area (Å²) in [4.78, 5) is 0. The third-order valence-corrected chi connectivity index (χ3v) is 3.81. The number of hydrogen-bond acceptors (Lipinski definition) is 2. The van der Waals surface area contributed by atoms with E-state index in [-0.39, 0.29) is 0 Å². The fourth-order valence-corrected chi connectivity index (χ4v) is 2.59. The normalized spacial score (nSPS) is 17.1. The van der Waals surface area contributed by atoms with E-state index in [4.69, 9.17) is 21.6 Å².